The Balaban J connectivity index is 3.83. The highest BCUT2D eigenvalue weighted by Gasteiger charge is 2.35. The lowest BCUT2D eigenvalue weighted by Gasteiger charge is -2.18. The molecule has 0 aliphatic rings. The van der Waals surface area contributed by atoms with Crippen LogP contribution in [0.1, 0.15) is 19.4 Å². The van der Waals surface area contributed by atoms with Crippen LogP contribution < -0.4 is 0 Å². The standard InChI is InChI=1S/C14H13F2N3O6/c1-3-18(4-2)14(23)6(5-17)11(20)7-8(15)10(19(24)25)13(22)12(21)9(7)16/h20-22H,3-4H2,1-2H3/b11-6-. The first kappa shape index (κ1) is 19.6. The SMILES string of the molecule is CCN(CC)C(=O)/C(C#N)=C(\O)c1c(F)c(O)c(O)c([N+](=O)[O-])c1F. The van der Waals surface area contributed by atoms with Gasteiger partial charge in [-0.1, -0.05) is 0 Å². The summed E-state index contributed by atoms with van der Waals surface area (Å²) in [4.78, 5) is 22.5. The average Bonchev–Trinajstić information content (AvgIpc) is 2.54. The van der Waals surface area contributed by atoms with E-state index < -0.39 is 56.5 Å². The lowest BCUT2D eigenvalue weighted by atomic mass is 10.0. The van der Waals surface area contributed by atoms with Crippen molar-refractivity contribution in [2.24, 2.45) is 0 Å². The fourth-order valence-corrected chi connectivity index (χ4v) is 2.02. The third kappa shape index (κ3) is 3.27. The zero-order valence-electron chi connectivity index (χ0n) is 13.1. The van der Waals surface area contributed by atoms with Gasteiger partial charge in [-0.3, -0.25) is 14.9 Å². The fraction of sp³-hybridized carbons (Fsp3) is 0.286. The Kier molecular flexibility index (Phi) is 5.84. The number of nitriles is 1. The quantitative estimate of drug-likeness (QED) is 0.182. The molecule has 3 N–H and O–H groups in total. The van der Waals surface area contributed by atoms with E-state index in [0.29, 0.717) is 0 Å². The number of phenolic OH excluding ortho intramolecular Hbond substituents is 2. The molecule has 1 aromatic carbocycles. The summed E-state index contributed by atoms with van der Waals surface area (Å²) >= 11 is 0. The first-order valence-corrected chi connectivity index (χ1v) is 6.84. The van der Waals surface area contributed by atoms with Gasteiger partial charge in [-0.25, -0.2) is 4.39 Å². The number of rotatable bonds is 5. The van der Waals surface area contributed by atoms with E-state index in [4.69, 9.17) is 5.26 Å². The Morgan fingerprint density at radius 2 is 1.76 bits per heavy atom. The number of benzene rings is 1. The molecule has 1 amide bonds. The number of aliphatic hydroxyl groups is 1. The molecule has 0 atom stereocenters. The molecule has 0 spiro atoms. The molecule has 0 aliphatic carbocycles. The monoisotopic (exact) mass is 357 g/mol. The maximum Gasteiger partial charge on any atom is 0.350 e. The summed E-state index contributed by atoms with van der Waals surface area (Å²) in [6.07, 6.45) is 0. The van der Waals surface area contributed by atoms with Gasteiger partial charge in [-0.15, -0.1) is 0 Å². The van der Waals surface area contributed by atoms with Gasteiger partial charge in [-0.05, 0) is 13.8 Å². The van der Waals surface area contributed by atoms with Crippen LogP contribution in [0.2, 0.25) is 0 Å². The van der Waals surface area contributed by atoms with E-state index in [0.717, 1.165) is 4.90 Å². The zero-order chi connectivity index (χ0) is 19.5. The Labute approximate surface area is 139 Å². The van der Waals surface area contributed by atoms with E-state index in [1.807, 2.05) is 0 Å². The lowest BCUT2D eigenvalue weighted by Crippen LogP contribution is -2.32. The number of likely N-dealkylation sites (N-methyl/N-ethyl adjacent to an activating group) is 1. The van der Waals surface area contributed by atoms with E-state index in [2.05, 4.69) is 0 Å². The average molecular weight is 357 g/mol. The number of nitro benzene ring substituents is 1. The maximum atomic E-state index is 14.2. The fourth-order valence-electron chi connectivity index (χ4n) is 2.02. The number of nitro groups is 1. The Morgan fingerprint density at radius 1 is 1.24 bits per heavy atom. The van der Waals surface area contributed by atoms with Gasteiger partial charge in [0, 0.05) is 13.1 Å². The van der Waals surface area contributed by atoms with Gasteiger partial charge in [0.25, 0.3) is 5.91 Å². The van der Waals surface area contributed by atoms with E-state index in [-0.39, 0.29) is 13.1 Å². The van der Waals surface area contributed by atoms with Crippen LogP contribution in [-0.2, 0) is 4.79 Å². The predicted octanol–water partition coefficient (Wildman–Crippen LogP) is 1.95. The summed E-state index contributed by atoms with van der Waals surface area (Å²) in [7, 11) is 0. The predicted molar refractivity (Wildman–Crippen MR) is 79.4 cm³/mol. The smallest absolute Gasteiger partial charge is 0.350 e. The molecule has 134 valence electrons. The summed E-state index contributed by atoms with van der Waals surface area (Å²) in [5.41, 5.74) is -4.37. The number of hydrogen-bond acceptors (Lipinski definition) is 7. The zero-order valence-corrected chi connectivity index (χ0v) is 13.1. The summed E-state index contributed by atoms with van der Waals surface area (Å²) in [6, 6.07) is 1.28. The molecule has 9 nitrogen and oxygen atoms in total. The number of aliphatic hydroxyl groups excluding tert-OH is 1. The normalized spacial score (nSPS) is 11.5. The molecule has 0 unspecified atom stereocenters. The van der Waals surface area contributed by atoms with Crippen LogP contribution in [0, 0.1) is 33.1 Å². The topological polar surface area (TPSA) is 148 Å². The van der Waals surface area contributed by atoms with E-state index in [1.165, 1.54) is 6.07 Å². The highest BCUT2D eigenvalue weighted by molar-refractivity contribution is 6.03. The van der Waals surface area contributed by atoms with Crippen molar-refractivity contribution in [3.05, 3.63) is 32.9 Å². The Bertz CT molecular complexity index is 812. The molecule has 0 saturated heterocycles. The Morgan fingerprint density at radius 3 is 2.16 bits per heavy atom. The molecule has 0 bridgehead atoms. The van der Waals surface area contributed by atoms with Gasteiger partial charge >= 0.3 is 5.69 Å². The molecule has 0 aliphatic heterocycles. The number of nitrogens with zero attached hydrogens (tertiary/aromatic N) is 3. The number of aromatic hydroxyl groups is 2. The van der Waals surface area contributed by atoms with Crippen LogP contribution in [0.25, 0.3) is 5.76 Å². The molecule has 0 saturated carbocycles. The third-order valence-electron chi connectivity index (χ3n) is 3.34. The number of carbonyl (C=O) groups is 1. The van der Waals surface area contributed by atoms with Crippen molar-refractivity contribution in [1.82, 2.24) is 4.90 Å². The first-order chi connectivity index (χ1) is 11.6. The largest absolute Gasteiger partial charge is 0.505 e. The second-order valence-electron chi connectivity index (χ2n) is 4.62. The van der Waals surface area contributed by atoms with Crippen molar-refractivity contribution in [2.75, 3.05) is 13.1 Å². The molecular formula is C14H13F2N3O6. The molecule has 0 aromatic heterocycles. The summed E-state index contributed by atoms with van der Waals surface area (Å²) in [5, 5.41) is 48.5. The van der Waals surface area contributed by atoms with Crippen LogP contribution in [0.15, 0.2) is 5.57 Å². The Hall–Kier alpha value is -3.42. The number of hydrogen-bond donors (Lipinski definition) is 3. The summed E-state index contributed by atoms with van der Waals surface area (Å²) < 4.78 is 28.3. The van der Waals surface area contributed by atoms with Crippen molar-refractivity contribution >= 4 is 17.4 Å². The minimum absolute atomic E-state index is 0.111. The maximum absolute atomic E-state index is 14.2. The molecule has 0 heterocycles. The second-order valence-corrected chi connectivity index (χ2v) is 4.62. The van der Waals surface area contributed by atoms with E-state index in [1.54, 1.807) is 13.8 Å². The van der Waals surface area contributed by atoms with Gasteiger partial charge in [-0.2, -0.15) is 9.65 Å². The van der Waals surface area contributed by atoms with Gasteiger partial charge < -0.3 is 20.2 Å². The molecule has 1 rings (SSSR count). The molecule has 0 radical (unpaired) electrons. The number of carbonyl (C=O) groups excluding carboxylic acids is 1. The van der Waals surface area contributed by atoms with Gasteiger partial charge in [0.05, 0.1) is 4.92 Å². The summed E-state index contributed by atoms with van der Waals surface area (Å²) in [5.74, 6) is -10.0. The van der Waals surface area contributed by atoms with E-state index in [9.17, 15) is 39.0 Å². The van der Waals surface area contributed by atoms with Crippen LogP contribution in [-0.4, -0.2) is 44.1 Å². The number of halogens is 2. The van der Waals surface area contributed by atoms with Crippen molar-refractivity contribution in [1.29, 1.82) is 5.26 Å². The molecule has 0 fully saturated rings. The van der Waals surface area contributed by atoms with Crippen LogP contribution in [0.3, 0.4) is 0 Å². The van der Waals surface area contributed by atoms with Gasteiger partial charge in [0.15, 0.2) is 17.1 Å². The molecule has 25 heavy (non-hydrogen) atoms. The van der Waals surface area contributed by atoms with E-state index >= 15 is 0 Å². The van der Waals surface area contributed by atoms with Crippen LogP contribution in [0.4, 0.5) is 14.5 Å². The summed E-state index contributed by atoms with van der Waals surface area (Å²) in [6.45, 7) is 3.32. The molecular weight excluding hydrogens is 344 g/mol. The first-order valence-electron chi connectivity index (χ1n) is 6.84. The minimum atomic E-state index is -2.05. The highest BCUT2D eigenvalue weighted by Crippen LogP contribution is 2.43. The second kappa shape index (κ2) is 7.43. The van der Waals surface area contributed by atoms with Gasteiger partial charge in [0.1, 0.15) is 11.6 Å². The van der Waals surface area contributed by atoms with Gasteiger partial charge in [0.2, 0.25) is 17.3 Å². The number of amides is 1. The minimum Gasteiger partial charge on any atom is -0.505 e. The van der Waals surface area contributed by atoms with Crippen molar-refractivity contribution in [3.8, 4) is 17.6 Å². The number of phenols is 2. The van der Waals surface area contributed by atoms with Crippen molar-refractivity contribution in [3.63, 3.8) is 0 Å². The van der Waals surface area contributed by atoms with Crippen LogP contribution >= 0.6 is 0 Å². The van der Waals surface area contributed by atoms with Crippen molar-refractivity contribution in [2.45, 2.75) is 13.8 Å². The third-order valence-corrected chi connectivity index (χ3v) is 3.34. The van der Waals surface area contributed by atoms with Crippen LogP contribution in [0.5, 0.6) is 11.5 Å². The molecule has 1 aromatic rings. The lowest BCUT2D eigenvalue weighted by molar-refractivity contribution is -0.388. The van der Waals surface area contributed by atoms with Crippen molar-refractivity contribution < 1.29 is 33.8 Å². The highest BCUT2D eigenvalue weighted by atomic mass is 19.1. The molecule has 11 heteroatoms.